The lowest BCUT2D eigenvalue weighted by Gasteiger charge is -2.13. The van der Waals surface area contributed by atoms with Crippen molar-refractivity contribution in [3.63, 3.8) is 0 Å². The van der Waals surface area contributed by atoms with Crippen LogP contribution in [0.3, 0.4) is 0 Å². The zero-order valence-electron chi connectivity index (χ0n) is 19.0. The van der Waals surface area contributed by atoms with E-state index in [1.165, 1.54) is 83.5 Å². The van der Waals surface area contributed by atoms with Crippen molar-refractivity contribution in [1.29, 1.82) is 0 Å². The summed E-state index contributed by atoms with van der Waals surface area (Å²) in [4.78, 5) is 0. The summed E-state index contributed by atoms with van der Waals surface area (Å²) < 4.78 is 10.9. The molecule has 0 aromatic heterocycles. The second kappa shape index (κ2) is 20.6. The molecule has 0 aromatic rings. The lowest BCUT2D eigenvalue weighted by atomic mass is 10.0. The second-order valence-corrected chi connectivity index (χ2v) is 8.89. The van der Waals surface area contributed by atoms with Gasteiger partial charge in [0.2, 0.25) is 0 Å². The van der Waals surface area contributed by atoms with Crippen molar-refractivity contribution in [2.75, 3.05) is 19.8 Å². The van der Waals surface area contributed by atoms with E-state index in [0.29, 0.717) is 13.2 Å². The summed E-state index contributed by atoms with van der Waals surface area (Å²) in [6.07, 6.45) is 18.9. The van der Waals surface area contributed by atoms with Gasteiger partial charge in [-0.1, -0.05) is 97.3 Å². The van der Waals surface area contributed by atoms with Gasteiger partial charge in [-0.15, -0.1) is 0 Å². The van der Waals surface area contributed by atoms with Gasteiger partial charge in [0.1, 0.15) is 6.10 Å². The van der Waals surface area contributed by atoms with E-state index in [1.807, 2.05) is 13.8 Å². The highest BCUT2D eigenvalue weighted by molar-refractivity contribution is 4.53. The van der Waals surface area contributed by atoms with E-state index in [0.717, 1.165) is 18.9 Å². The van der Waals surface area contributed by atoms with Crippen LogP contribution < -0.4 is 0 Å². The Morgan fingerprint density at radius 2 is 1.04 bits per heavy atom. The van der Waals surface area contributed by atoms with Gasteiger partial charge in [0.15, 0.2) is 0 Å². The molecule has 0 heterocycles. The molecular formula is C24H50O3. The number of ether oxygens (including phenoxy) is 2. The van der Waals surface area contributed by atoms with Crippen molar-refractivity contribution in [2.24, 2.45) is 5.92 Å². The minimum Gasteiger partial charge on any atom is -0.388 e. The minimum atomic E-state index is -0.493. The molecule has 0 radical (unpaired) electrons. The Morgan fingerprint density at radius 3 is 1.48 bits per heavy atom. The standard InChI is InChI=1S/C24H50O3/c1-22(2)18-16-14-12-10-8-6-5-7-9-11-13-15-17-19-26-20-24(25)21-27-23(3)4/h22-25H,5-21H2,1-4H3. The van der Waals surface area contributed by atoms with Gasteiger partial charge in [-0.25, -0.2) is 0 Å². The molecule has 1 unspecified atom stereocenters. The lowest BCUT2D eigenvalue weighted by Crippen LogP contribution is -2.23. The van der Waals surface area contributed by atoms with Crippen LogP contribution in [0.5, 0.6) is 0 Å². The summed E-state index contributed by atoms with van der Waals surface area (Å²) in [6.45, 7) is 10.1. The van der Waals surface area contributed by atoms with Gasteiger partial charge in [0, 0.05) is 6.61 Å². The fourth-order valence-electron chi connectivity index (χ4n) is 3.27. The maximum atomic E-state index is 9.68. The molecule has 0 fully saturated rings. The van der Waals surface area contributed by atoms with Crippen LogP contribution in [0.15, 0.2) is 0 Å². The molecule has 27 heavy (non-hydrogen) atoms. The molecular weight excluding hydrogens is 336 g/mol. The van der Waals surface area contributed by atoms with E-state index in [1.54, 1.807) is 0 Å². The maximum Gasteiger partial charge on any atom is 0.101 e. The van der Waals surface area contributed by atoms with Crippen LogP contribution in [-0.2, 0) is 9.47 Å². The molecule has 0 spiro atoms. The highest BCUT2D eigenvalue weighted by Crippen LogP contribution is 2.14. The fourth-order valence-corrected chi connectivity index (χ4v) is 3.27. The van der Waals surface area contributed by atoms with Crippen LogP contribution in [0.25, 0.3) is 0 Å². The van der Waals surface area contributed by atoms with Gasteiger partial charge in [0.05, 0.1) is 19.3 Å². The third-order valence-corrected chi connectivity index (χ3v) is 5.00. The molecule has 1 atom stereocenters. The van der Waals surface area contributed by atoms with Gasteiger partial charge in [-0.05, 0) is 26.2 Å². The van der Waals surface area contributed by atoms with Gasteiger partial charge in [0.25, 0.3) is 0 Å². The molecule has 0 aliphatic rings. The Kier molecular flexibility index (Phi) is 20.5. The van der Waals surface area contributed by atoms with Gasteiger partial charge >= 0.3 is 0 Å². The highest BCUT2D eigenvalue weighted by Gasteiger charge is 2.05. The summed E-state index contributed by atoms with van der Waals surface area (Å²) in [7, 11) is 0. The van der Waals surface area contributed by atoms with Crippen LogP contribution in [0.2, 0.25) is 0 Å². The second-order valence-electron chi connectivity index (χ2n) is 8.89. The number of aliphatic hydroxyl groups excluding tert-OH is 1. The first-order chi connectivity index (χ1) is 13.0. The zero-order chi connectivity index (χ0) is 20.2. The minimum absolute atomic E-state index is 0.166. The fraction of sp³-hybridized carbons (Fsp3) is 1.00. The zero-order valence-corrected chi connectivity index (χ0v) is 19.0. The van der Waals surface area contributed by atoms with Crippen LogP contribution in [0, 0.1) is 5.92 Å². The first-order valence-corrected chi connectivity index (χ1v) is 11.9. The molecule has 0 rings (SSSR count). The van der Waals surface area contributed by atoms with E-state index in [9.17, 15) is 5.11 Å². The van der Waals surface area contributed by atoms with Crippen molar-refractivity contribution in [3.05, 3.63) is 0 Å². The van der Waals surface area contributed by atoms with Crippen LogP contribution in [0.1, 0.15) is 118 Å². The monoisotopic (exact) mass is 386 g/mol. The Bertz CT molecular complexity index is 279. The van der Waals surface area contributed by atoms with Gasteiger partial charge in [-0.3, -0.25) is 0 Å². The third kappa shape index (κ3) is 23.8. The van der Waals surface area contributed by atoms with E-state index in [-0.39, 0.29) is 6.10 Å². The van der Waals surface area contributed by atoms with Crippen molar-refractivity contribution in [1.82, 2.24) is 0 Å². The molecule has 0 saturated heterocycles. The average Bonchev–Trinajstić information content (AvgIpc) is 2.62. The predicted octanol–water partition coefficient (Wildman–Crippen LogP) is 6.91. The van der Waals surface area contributed by atoms with Crippen molar-refractivity contribution in [2.45, 2.75) is 130 Å². The molecule has 3 nitrogen and oxygen atoms in total. The number of hydrogen-bond acceptors (Lipinski definition) is 3. The molecule has 0 aromatic carbocycles. The Balaban J connectivity index is 3.09. The third-order valence-electron chi connectivity index (χ3n) is 5.00. The lowest BCUT2D eigenvalue weighted by molar-refractivity contribution is -0.0359. The first-order valence-electron chi connectivity index (χ1n) is 11.9. The van der Waals surface area contributed by atoms with E-state index in [2.05, 4.69) is 13.8 Å². The Labute approximate surface area is 170 Å². The number of rotatable bonds is 21. The van der Waals surface area contributed by atoms with E-state index < -0.39 is 6.10 Å². The topological polar surface area (TPSA) is 38.7 Å². The first kappa shape index (κ1) is 26.9. The predicted molar refractivity (Wildman–Crippen MR) is 117 cm³/mol. The van der Waals surface area contributed by atoms with Crippen molar-refractivity contribution < 1.29 is 14.6 Å². The largest absolute Gasteiger partial charge is 0.388 e. The molecule has 0 bridgehead atoms. The average molecular weight is 387 g/mol. The van der Waals surface area contributed by atoms with Crippen LogP contribution in [0.4, 0.5) is 0 Å². The number of aliphatic hydroxyl groups is 1. The molecule has 164 valence electrons. The molecule has 0 aliphatic carbocycles. The Morgan fingerprint density at radius 1 is 0.593 bits per heavy atom. The van der Waals surface area contributed by atoms with Crippen molar-refractivity contribution in [3.8, 4) is 0 Å². The molecule has 0 amide bonds. The normalized spacial score (nSPS) is 13.0. The van der Waals surface area contributed by atoms with Gasteiger partial charge in [-0.2, -0.15) is 0 Å². The summed E-state index contributed by atoms with van der Waals surface area (Å²) in [5, 5.41) is 9.68. The quantitative estimate of drug-likeness (QED) is 0.218. The van der Waals surface area contributed by atoms with Crippen LogP contribution >= 0.6 is 0 Å². The van der Waals surface area contributed by atoms with E-state index in [4.69, 9.17) is 9.47 Å². The SMILES string of the molecule is CC(C)CCCCCCCCCCCCCCCOCC(O)COC(C)C. The summed E-state index contributed by atoms with van der Waals surface area (Å²) in [5.74, 6) is 0.875. The molecule has 0 saturated carbocycles. The summed E-state index contributed by atoms with van der Waals surface area (Å²) in [5.41, 5.74) is 0. The smallest absolute Gasteiger partial charge is 0.101 e. The molecule has 1 N–H and O–H groups in total. The van der Waals surface area contributed by atoms with E-state index >= 15 is 0 Å². The van der Waals surface area contributed by atoms with Crippen molar-refractivity contribution >= 4 is 0 Å². The Hall–Kier alpha value is -0.120. The summed E-state index contributed by atoms with van der Waals surface area (Å²) in [6, 6.07) is 0. The number of unbranched alkanes of at least 4 members (excludes halogenated alkanes) is 12. The maximum absolute atomic E-state index is 9.68. The summed E-state index contributed by atoms with van der Waals surface area (Å²) >= 11 is 0. The van der Waals surface area contributed by atoms with Crippen LogP contribution in [-0.4, -0.2) is 37.1 Å². The highest BCUT2D eigenvalue weighted by atomic mass is 16.5. The number of hydrogen-bond donors (Lipinski definition) is 1. The molecule has 0 aliphatic heterocycles. The van der Waals surface area contributed by atoms with Gasteiger partial charge < -0.3 is 14.6 Å². The molecule has 3 heteroatoms.